The minimum atomic E-state index is -1.05. The van der Waals surface area contributed by atoms with Gasteiger partial charge in [0.05, 0.1) is 17.8 Å². The van der Waals surface area contributed by atoms with E-state index in [1.54, 1.807) is 36.7 Å². The Morgan fingerprint density at radius 2 is 1.66 bits per heavy atom. The van der Waals surface area contributed by atoms with Gasteiger partial charge in [0.25, 0.3) is 0 Å². The molecular formula is C36H33FN8O2. The summed E-state index contributed by atoms with van der Waals surface area (Å²) < 4.78 is 13.5. The predicted octanol–water partition coefficient (Wildman–Crippen LogP) is 4.44. The number of rotatable bonds is 7. The first-order valence-electron chi connectivity index (χ1n) is 15.6. The highest BCUT2D eigenvalue weighted by Crippen LogP contribution is 2.33. The smallest absolute Gasteiger partial charge is 0.244 e. The van der Waals surface area contributed by atoms with E-state index < -0.39 is 5.41 Å². The number of benzene rings is 3. The second kappa shape index (κ2) is 12.7. The summed E-state index contributed by atoms with van der Waals surface area (Å²) in [7, 11) is 0. The summed E-state index contributed by atoms with van der Waals surface area (Å²) in [6.07, 6.45) is 9.88. The zero-order valence-corrected chi connectivity index (χ0v) is 25.7. The number of H-pyrrole nitrogens is 1. The van der Waals surface area contributed by atoms with E-state index in [1.165, 1.54) is 12.1 Å². The molecule has 2 aromatic heterocycles. The van der Waals surface area contributed by atoms with Crippen LogP contribution < -0.4 is 10.2 Å². The molecule has 0 radical (unpaired) electrons. The number of fused-ring (bicyclic) bond motifs is 1. The van der Waals surface area contributed by atoms with Gasteiger partial charge in [0, 0.05) is 79.6 Å². The molecule has 7 rings (SSSR count). The van der Waals surface area contributed by atoms with E-state index in [-0.39, 0.29) is 24.2 Å². The molecule has 5 aromatic rings. The molecule has 2 amide bonds. The Balaban J connectivity index is 0.941. The lowest BCUT2D eigenvalue weighted by Crippen LogP contribution is -2.51. The zero-order chi connectivity index (χ0) is 32.4. The number of nitrogens with one attached hydrogen (secondary N) is 2. The van der Waals surface area contributed by atoms with Crippen molar-refractivity contribution >= 4 is 34.1 Å². The maximum Gasteiger partial charge on any atom is 0.244 e. The molecule has 10 nitrogen and oxygen atoms in total. The largest absolute Gasteiger partial charge is 0.368 e. The Hall–Kier alpha value is -5.60. The Labute approximate surface area is 271 Å². The monoisotopic (exact) mass is 628 g/mol. The van der Waals surface area contributed by atoms with Gasteiger partial charge in [-0.3, -0.25) is 19.6 Å². The lowest BCUT2D eigenvalue weighted by Gasteiger charge is -2.37. The predicted molar refractivity (Wildman–Crippen MR) is 179 cm³/mol. The van der Waals surface area contributed by atoms with E-state index >= 15 is 0 Å². The summed E-state index contributed by atoms with van der Waals surface area (Å²) in [5, 5.41) is 11.2. The van der Waals surface area contributed by atoms with Crippen molar-refractivity contribution in [3.63, 3.8) is 0 Å². The highest BCUT2D eigenvalue weighted by atomic mass is 19.1. The molecule has 2 saturated heterocycles. The van der Waals surface area contributed by atoms with Crippen LogP contribution in [-0.2, 0) is 9.59 Å². The van der Waals surface area contributed by atoms with Crippen LogP contribution in [-0.4, -0.2) is 87.6 Å². The number of anilines is 2. The molecule has 11 heteroatoms. The normalized spacial score (nSPS) is 18.3. The van der Waals surface area contributed by atoms with Crippen molar-refractivity contribution in [2.45, 2.75) is 6.42 Å². The van der Waals surface area contributed by atoms with Gasteiger partial charge in [0.2, 0.25) is 11.8 Å². The van der Waals surface area contributed by atoms with Gasteiger partial charge in [-0.1, -0.05) is 5.92 Å². The minimum Gasteiger partial charge on any atom is -0.368 e. The average molecular weight is 629 g/mol. The fraction of sp³-hybridized carbons (Fsp3) is 0.250. The number of terminal acetylenes is 1. The van der Waals surface area contributed by atoms with Crippen molar-refractivity contribution in [3.8, 4) is 35.0 Å². The maximum atomic E-state index is 13.6. The Bertz CT molecular complexity index is 1950. The first-order chi connectivity index (χ1) is 22.9. The topological polar surface area (TPSA) is 110 Å². The van der Waals surface area contributed by atoms with Crippen LogP contribution in [0.25, 0.3) is 33.5 Å². The van der Waals surface area contributed by atoms with Crippen molar-refractivity contribution in [3.05, 3.63) is 91.0 Å². The number of likely N-dealkylation sites (tertiary alicyclic amines) is 1. The number of aromatic nitrogens is 4. The summed E-state index contributed by atoms with van der Waals surface area (Å²) in [6, 6.07) is 21.5. The van der Waals surface area contributed by atoms with Crippen LogP contribution in [0.15, 0.2) is 85.2 Å². The standard InChI is InChI=1S/C36H33FN8O2/c1-2-36(35(47)40-28-10-13-31-30(22-28)33(42-41-31)25-4-8-27(37)9-5-25)14-17-43(24-36)23-32(46)45-20-18-44(19-21-45)29-11-6-26(7-12-29)34-38-15-3-16-39-34/h1,3-13,15-16,22H,14,17-21,23-24H2,(H,40,47)(H,41,42). The molecule has 1 atom stereocenters. The van der Waals surface area contributed by atoms with Gasteiger partial charge in [-0.25, -0.2) is 14.4 Å². The molecular weight excluding hydrogens is 595 g/mol. The van der Waals surface area contributed by atoms with Crippen molar-refractivity contribution < 1.29 is 14.0 Å². The third-order valence-electron chi connectivity index (χ3n) is 9.05. The van der Waals surface area contributed by atoms with Crippen LogP contribution in [0.2, 0.25) is 0 Å². The number of aromatic amines is 1. The number of nitrogens with zero attached hydrogens (tertiary/aromatic N) is 6. The molecule has 2 N–H and O–H groups in total. The number of carbonyl (C=O) groups excluding carboxylic acids is 2. The van der Waals surface area contributed by atoms with Gasteiger partial charge in [0.15, 0.2) is 5.82 Å². The number of hydrogen-bond acceptors (Lipinski definition) is 7. The molecule has 236 valence electrons. The quantitative estimate of drug-likeness (QED) is 0.257. The Kier molecular flexibility index (Phi) is 8.10. The third kappa shape index (κ3) is 6.15. The number of hydrogen-bond donors (Lipinski definition) is 2. The fourth-order valence-corrected chi connectivity index (χ4v) is 6.34. The van der Waals surface area contributed by atoms with Crippen molar-refractivity contribution in [1.29, 1.82) is 0 Å². The highest BCUT2D eigenvalue weighted by Gasteiger charge is 2.44. The molecule has 47 heavy (non-hydrogen) atoms. The first kappa shape index (κ1) is 30.1. The second-order valence-corrected chi connectivity index (χ2v) is 12.0. The van der Waals surface area contributed by atoms with Crippen LogP contribution in [0.1, 0.15) is 6.42 Å². The third-order valence-corrected chi connectivity index (χ3v) is 9.05. The minimum absolute atomic E-state index is 0.0354. The molecule has 0 saturated carbocycles. The van der Waals surface area contributed by atoms with Gasteiger partial charge in [-0.15, -0.1) is 6.42 Å². The number of halogens is 1. The summed E-state index contributed by atoms with van der Waals surface area (Å²) in [4.78, 5) is 41.6. The van der Waals surface area contributed by atoms with E-state index in [1.807, 2.05) is 34.1 Å². The van der Waals surface area contributed by atoms with E-state index in [0.29, 0.717) is 49.8 Å². The van der Waals surface area contributed by atoms with Gasteiger partial charge < -0.3 is 15.1 Å². The number of amides is 2. The molecule has 2 aliphatic rings. The van der Waals surface area contributed by atoms with Crippen LogP contribution in [0.4, 0.5) is 15.8 Å². The molecule has 0 bridgehead atoms. The average Bonchev–Trinajstić information content (AvgIpc) is 3.74. The Morgan fingerprint density at radius 3 is 2.38 bits per heavy atom. The zero-order valence-electron chi connectivity index (χ0n) is 25.7. The van der Waals surface area contributed by atoms with Crippen molar-refractivity contribution in [2.75, 3.05) is 56.0 Å². The van der Waals surface area contributed by atoms with Crippen molar-refractivity contribution in [1.82, 2.24) is 30.0 Å². The van der Waals surface area contributed by atoms with E-state index in [9.17, 15) is 14.0 Å². The van der Waals surface area contributed by atoms with E-state index in [4.69, 9.17) is 6.42 Å². The lowest BCUT2D eigenvalue weighted by atomic mass is 9.87. The van der Waals surface area contributed by atoms with Gasteiger partial charge in [-0.05, 0) is 79.2 Å². The summed E-state index contributed by atoms with van der Waals surface area (Å²) >= 11 is 0. The lowest BCUT2D eigenvalue weighted by molar-refractivity contribution is -0.133. The molecule has 3 aromatic carbocycles. The van der Waals surface area contributed by atoms with Gasteiger partial charge in [-0.2, -0.15) is 5.10 Å². The first-order valence-corrected chi connectivity index (χ1v) is 15.6. The summed E-state index contributed by atoms with van der Waals surface area (Å²) in [5.74, 6) is 2.87. The molecule has 4 heterocycles. The summed E-state index contributed by atoms with van der Waals surface area (Å²) in [5.41, 5.74) is 3.78. The van der Waals surface area contributed by atoms with E-state index in [2.05, 4.69) is 48.4 Å². The second-order valence-electron chi connectivity index (χ2n) is 12.0. The molecule has 2 aliphatic heterocycles. The number of piperazine rings is 1. The van der Waals surface area contributed by atoms with Crippen LogP contribution in [0.5, 0.6) is 0 Å². The fourth-order valence-electron chi connectivity index (χ4n) is 6.34. The van der Waals surface area contributed by atoms with E-state index in [0.717, 1.165) is 40.8 Å². The van der Waals surface area contributed by atoms with Gasteiger partial charge >= 0.3 is 0 Å². The molecule has 1 unspecified atom stereocenters. The molecule has 0 spiro atoms. The SMILES string of the molecule is C#CC1(C(=O)Nc2ccc3[nH]nc(-c4ccc(F)cc4)c3c2)CCN(CC(=O)N2CCN(c3ccc(-c4ncccn4)cc3)CC2)C1. The van der Waals surface area contributed by atoms with Crippen LogP contribution in [0, 0.1) is 23.6 Å². The molecule has 0 aliphatic carbocycles. The van der Waals surface area contributed by atoms with Crippen molar-refractivity contribution in [2.24, 2.45) is 5.41 Å². The Morgan fingerprint density at radius 1 is 0.936 bits per heavy atom. The highest BCUT2D eigenvalue weighted by molar-refractivity contribution is 6.01. The summed E-state index contributed by atoms with van der Waals surface area (Å²) in [6.45, 7) is 3.76. The van der Waals surface area contributed by atoms with Crippen LogP contribution in [0.3, 0.4) is 0 Å². The van der Waals surface area contributed by atoms with Crippen LogP contribution >= 0.6 is 0 Å². The molecule has 2 fully saturated rings. The number of carbonyl (C=O) groups is 2. The maximum absolute atomic E-state index is 13.6. The van der Waals surface area contributed by atoms with Gasteiger partial charge in [0.1, 0.15) is 11.2 Å².